The predicted octanol–water partition coefficient (Wildman–Crippen LogP) is 3.73. The first-order valence-electron chi connectivity index (χ1n) is 9.05. The van der Waals surface area contributed by atoms with E-state index in [1.807, 2.05) is 26.8 Å². The fraction of sp³-hybridized carbons (Fsp3) is 0.400. The maximum Gasteiger partial charge on any atom is 0.594 e. The molecule has 3 rings (SSSR count). The van der Waals surface area contributed by atoms with Crippen molar-refractivity contribution in [1.29, 1.82) is 0 Å². The van der Waals surface area contributed by atoms with Crippen LogP contribution in [0.1, 0.15) is 49.3 Å². The lowest BCUT2D eigenvalue weighted by molar-refractivity contribution is -0.00980. The second-order valence-corrected chi connectivity index (χ2v) is 7.75. The summed E-state index contributed by atoms with van der Waals surface area (Å²) in [5.74, 6) is -3.27. The van der Waals surface area contributed by atoms with Gasteiger partial charge in [-0.05, 0) is 45.0 Å². The van der Waals surface area contributed by atoms with Crippen LogP contribution in [0.5, 0.6) is 0 Å². The van der Waals surface area contributed by atoms with E-state index in [-0.39, 0.29) is 17.9 Å². The van der Waals surface area contributed by atoms with Crippen molar-refractivity contribution in [2.45, 2.75) is 51.2 Å². The van der Waals surface area contributed by atoms with E-state index < -0.39 is 24.4 Å². The van der Waals surface area contributed by atoms with Crippen LogP contribution in [0.2, 0.25) is 0 Å². The highest BCUT2D eigenvalue weighted by Gasteiger charge is 2.55. The van der Waals surface area contributed by atoms with Crippen molar-refractivity contribution in [2.24, 2.45) is 0 Å². The Balaban J connectivity index is 1.75. The molecule has 1 aliphatic heterocycles. The summed E-state index contributed by atoms with van der Waals surface area (Å²) >= 11 is 0. The number of hydrogen-bond donors (Lipinski definition) is 1. The van der Waals surface area contributed by atoms with Gasteiger partial charge in [0.15, 0.2) is 0 Å². The molecule has 0 aliphatic carbocycles. The molecule has 2 aromatic rings. The zero-order valence-electron chi connectivity index (χ0n) is 16.3. The molecule has 2 heterocycles. The number of benzene rings is 1. The number of pyridine rings is 1. The van der Waals surface area contributed by atoms with Gasteiger partial charge in [0.05, 0.1) is 11.2 Å². The molecular weight excluding hydrogens is 365 g/mol. The molecule has 1 atom stereocenters. The van der Waals surface area contributed by atoms with Crippen molar-refractivity contribution in [3.05, 3.63) is 65.5 Å². The fourth-order valence-corrected chi connectivity index (χ4v) is 3.08. The minimum absolute atomic E-state index is 0.105. The molecule has 1 saturated heterocycles. The van der Waals surface area contributed by atoms with Crippen molar-refractivity contribution in [2.75, 3.05) is 0 Å². The van der Waals surface area contributed by atoms with Gasteiger partial charge in [0, 0.05) is 36.4 Å². The highest BCUT2D eigenvalue weighted by atomic mass is 19.3. The smallest absolute Gasteiger partial charge is 0.384 e. The Labute approximate surface area is 163 Å². The number of halogens is 2. The maximum atomic E-state index is 13.6. The topological polar surface area (TPSA) is 60.5 Å². The number of amides is 1. The van der Waals surface area contributed by atoms with Gasteiger partial charge in [0.25, 0.3) is 5.92 Å². The molecule has 0 saturated carbocycles. The summed E-state index contributed by atoms with van der Waals surface area (Å²) < 4.78 is 39.2. The number of carbonyl (C=O) groups excluding carboxylic acids is 1. The Kier molecular flexibility index (Phi) is 5.29. The Morgan fingerprint density at radius 1 is 1.18 bits per heavy atom. The summed E-state index contributed by atoms with van der Waals surface area (Å²) in [4.78, 5) is 16.6. The summed E-state index contributed by atoms with van der Waals surface area (Å²) in [5.41, 5.74) is -0.815. The van der Waals surface area contributed by atoms with Crippen LogP contribution in [0.4, 0.5) is 8.78 Å². The van der Waals surface area contributed by atoms with Gasteiger partial charge >= 0.3 is 7.25 Å². The lowest BCUT2D eigenvalue weighted by Gasteiger charge is -2.36. The zero-order valence-corrected chi connectivity index (χ0v) is 16.3. The zero-order chi connectivity index (χ0) is 20.6. The van der Waals surface area contributed by atoms with E-state index in [0.29, 0.717) is 11.3 Å². The summed E-state index contributed by atoms with van der Waals surface area (Å²) in [7, 11) is -0.955. The van der Waals surface area contributed by atoms with E-state index in [4.69, 9.17) is 9.31 Å². The first-order chi connectivity index (χ1) is 13.0. The largest absolute Gasteiger partial charge is 0.594 e. The quantitative estimate of drug-likeness (QED) is 0.793. The van der Waals surface area contributed by atoms with Gasteiger partial charge in [0.2, 0.25) is 5.91 Å². The first kappa shape index (κ1) is 20.4. The molecule has 5 nitrogen and oxygen atoms in total. The van der Waals surface area contributed by atoms with Crippen LogP contribution in [0.25, 0.3) is 0 Å². The van der Waals surface area contributed by atoms with Gasteiger partial charge in [-0.2, -0.15) is 0 Å². The molecule has 28 heavy (non-hydrogen) atoms. The van der Waals surface area contributed by atoms with Crippen molar-refractivity contribution in [3.8, 4) is 0 Å². The second kappa shape index (κ2) is 7.26. The molecule has 1 fully saturated rings. The molecule has 0 bridgehead atoms. The number of hydrogen-bond acceptors (Lipinski definition) is 4. The Morgan fingerprint density at radius 2 is 1.86 bits per heavy atom. The Hall–Kier alpha value is -2.32. The number of nitrogens with zero attached hydrogens (tertiary/aromatic N) is 1. The van der Waals surface area contributed by atoms with Gasteiger partial charge in [-0.1, -0.05) is 18.2 Å². The number of nitrogens with one attached hydrogen (secondary N) is 1. The third-order valence-corrected chi connectivity index (χ3v) is 5.17. The molecule has 1 aromatic carbocycles. The minimum atomic E-state index is -2.95. The molecule has 148 valence electrons. The molecule has 0 spiro atoms. The predicted molar refractivity (Wildman–Crippen MR) is 102 cm³/mol. The van der Waals surface area contributed by atoms with Crippen molar-refractivity contribution < 1.29 is 22.9 Å². The molecule has 1 unspecified atom stereocenters. The highest BCUT2D eigenvalue weighted by molar-refractivity contribution is 6.47. The molecule has 8 heteroatoms. The van der Waals surface area contributed by atoms with Crippen molar-refractivity contribution in [3.63, 3.8) is 0 Å². The van der Waals surface area contributed by atoms with Gasteiger partial charge in [-0.3, -0.25) is 9.78 Å². The molecular formula is C20H23BF2N2O3. The van der Waals surface area contributed by atoms with E-state index >= 15 is 0 Å². The van der Waals surface area contributed by atoms with Crippen LogP contribution >= 0.6 is 0 Å². The van der Waals surface area contributed by atoms with Gasteiger partial charge in [-0.25, -0.2) is 8.78 Å². The summed E-state index contributed by atoms with van der Waals surface area (Å²) in [5, 5.41) is 2.70. The number of aromatic nitrogens is 1. The SMILES string of the molecule is CC(F)(F)c1ccnc(CC2(C)OB(NC(=O)c3ccccc3)OC2(C)C)c1. The average Bonchev–Trinajstić information content (AvgIpc) is 2.83. The third-order valence-electron chi connectivity index (χ3n) is 5.17. The molecule has 1 amide bonds. The van der Waals surface area contributed by atoms with Crippen LogP contribution in [0, 0.1) is 0 Å². The Morgan fingerprint density at radius 3 is 2.50 bits per heavy atom. The average molecular weight is 388 g/mol. The highest BCUT2D eigenvalue weighted by Crippen LogP contribution is 2.39. The van der Waals surface area contributed by atoms with Crippen molar-refractivity contribution >= 4 is 13.2 Å². The normalized spacial score (nSPS) is 21.6. The van der Waals surface area contributed by atoms with E-state index in [2.05, 4.69) is 10.2 Å². The van der Waals surface area contributed by atoms with E-state index in [1.54, 1.807) is 24.3 Å². The van der Waals surface area contributed by atoms with Crippen LogP contribution in [-0.4, -0.2) is 29.3 Å². The standard InChI is InChI=1S/C20H23BF2N2O3/c1-18(2)19(3,13-16-12-15(10-11-24-16)20(4,22)23)28-21(27-18)25-17(26)14-8-6-5-7-9-14/h5-12H,13H2,1-4H3,(H,25,26). The second-order valence-electron chi connectivity index (χ2n) is 7.75. The molecule has 1 aromatic heterocycles. The number of carbonyl (C=O) groups is 1. The van der Waals surface area contributed by atoms with E-state index in [9.17, 15) is 13.6 Å². The monoisotopic (exact) mass is 388 g/mol. The van der Waals surface area contributed by atoms with Crippen LogP contribution < -0.4 is 5.23 Å². The summed E-state index contributed by atoms with van der Waals surface area (Å²) in [6.45, 7) is 6.34. The van der Waals surface area contributed by atoms with Gasteiger partial charge < -0.3 is 14.5 Å². The summed E-state index contributed by atoms with van der Waals surface area (Å²) in [6, 6.07) is 11.4. The van der Waals surface area contributed by atoms with Crippen LogP contribution in [0.3, 0.4) is 0 Å². The number of rotatable bonds is 5. The van der Waals surface area contributed by atoms with E-state index in [0.717, 1.165) is 6.92 Å². The molecule has 0 radical (unpaired) electrons. The fourth-order valence-electron chi connectivity index (χ4n) is 3.08. The third kappa shape index (κ3) is 4.23. The lowest BCUT2D eigenvalue weighted by atomic mass is 9.83. The van der Waals surface area contributed by atoms with Gasteiger partial charge in [0.1, 0.15) is 0 Å². The van der Waals surface area contributed by atoms with Gasteiger partial charge in [-0.15, -0.1) is 0 Å². The van der Waals surface area contributed by atoms with Crippen LogP contribution in [0.15, 0.2) is 48.7 Å². The lowest BCUT2D eigenvalue weighted by Crippen LogP contribution is -2.46. The Bertz CT molecular complexity index is 858. The minimum Gasteiger partial charge on any atom is -0.384 e. The van der Waals surface area contributed by atoms with E-state index in [1.165, 1.54) is 18.3 Å². The van der Waals surface area contributed by atoms with Crippen molar-refractivity contribution in [1.82, 2.24) is 10.2 Å². The first-order valence-corrected chi connectivity index (χ1v) is 9.05. The maximum absolute atomic E-state index is 13.6. The number of alkyl halides is 2. The molecule has 1 aliphatic rings. The van der Waals surface area contributed by atoms with Crippen LogP contribution in [-0.2, 0) is 21.7 Å². The molecule has 1 N–H and O–H groups in total. The summed E-state index contributed by atoms with van der Waals surface area (Å²) in [6.07, 6.45) is 1.62.